The molecule has 0 bridgehead atoms. The number of carbonyl (C=O) groups is 2. The van der Waals surface area contributed by atoms with Crippen molar-refractivity contribution in [2.45, 2.75) is 89.5 Å². The first-order valence-electron chi connectivity index (χ1n) is 10.8. The van der Waals surface area contributed by atoms with Crippen molar-refractivity contribution >= 4 is 18.0 Å². The Morgan fingerprint density at radius 1 is 1.06 bits per heavy atom. The molecule has 1 aromatic rings. The standard InChI is InChI=1S/C24H31F3O4/c1-4-5-16-23(2,3)31-21(28)15-8-17-6-9-18(10-7-17)19-11-13-20(14-12-19)30-22(29)24(25,26)27/h6-10,15,19-20H,4-5,11-14,16H2,1-3H3/b15-8+. The van der Waals surface area contributed by atoms with Crippen molar-refractivity contribution in [3.05, 3.63) is 41.5 Å². The second-order valence-electron chi connectivity index (χ2n) is 8.66. The highest BCUT2D eigenvalue weighted by molar-refractivity contribution is 5.87. The second-order valence-corrected chi connectivity index (χ2v) is 8.66. The van der Waals surface area contributed by atoms with Gasteiger partial charge in [0.15, 0.2) is 0 Å². The molecular weight excluding hydrogens is 409 g/mol. The van der Waals surface area contributed by atoms with Crippen LogP contribution in [0.2, 0.25) is 0 Å². The minimum Gasteiger partial charge on any atom is -0.457 e. The predicted octanol–water partition coefficient (Wildman–Crippen LogP) is 6.34. The zero-order chi connectivity index (χ0) is 23.1. The number of esters is 2. The van der Waals surface area contributed by atoms with E-state index in [0.717, 1.165) is 30.4 Å². The van der Waals surface area contributed by atoms with E-state index < -0.39 is 23.9 Å². The minimum absolute atomic E-state index is 0.211. The summed E-state index contributed by atoms with van der Waals surface area (Å²) in [4.78, 5) is 23.0. The lowest BCUT2D eigenvalue weighted by atomic mass is 9.82. The summed E-state index contributed by atoms with van der Waals surface area (Å²) < 4.78 is 47.0. The van der Waals surface area contributed by atoms with Crippen molar-refractivity contribution in [3.8, 4) is 0 Å². The topological polar surface area (TPSA) is 52.6 Å². The third-order valence-electron chi connectivity index (χ3n) is 5.51. The van der Waals surface area contributed by atoms with Gasteiger partial charge in [0, 0.05) is 6.08 Å². The number of ether oxygens (including phenoxy) is 2. The fraction of sp³-hybridized carbons (Fsp3) is 0.583. The molecular formula is C24H31F3O4. The van der Waals surface area contributed by atoms with Crippen LogP contribution in [0.5, 0.6) is 0 Å². The first kappa shape index (κ1) is 25.0. The normalized spacial score (nSPS) is 19.9. The Hall–Kier alpha value is -2.31. The van der Waals surface area contributed by atoms with Crippen molar-refractivity contribution in [1.29, 1.82) is 0 Å². The Morgan fingerprint density at radius 3 is 2.23 bits per heavy atom. The molecule has 0 aliphatic heterocycles. The molecule has 2 rings (SSSR count). The maximum atomic E-state index is 12.3. The van der Waals surface area contributed by atoms with Gasteiger partial charge in [0.2, 0.25) is 0 Å². The largest absolute Gasteiger partial charge is 0.490 e. The first-order valence-corrected chi connectivity index (χ1v) is 10.8. The van der Waals surface area contributed by atoms with Crippen LogP contribution in [0.15, 0.2) is 30.3 Å². The molecule has 31 heavy (non-hydrogen) atoms. The van der Waals surface area contributed by atoms with E-state index in [2.05, 4.69) is 11.7 Å². The van der Waals surface area contributed by atoms with Crippen LogP contribution in [0.3, 0.4) is 0 Å². The van der Waals surface area contributed by atoms with Crippen molar-refractivity contribution < 1.29 is 32.2 Å². The quantitative estimate of drug-likeness (QED) is 0.349. The number of alkyl halides is 3. The Balaban J connectivity index is 1.84. The Morgan fingerprint density at radius 2 is 1.68 bits per heavy atom. The molecule has 1 aliphatic rings. The molecule has 1 aromatic carbocycles. The Kier molecular flexibility index (Phi) is 8.71. The van der Waals surface area contributed by atoms with Crippen LogP contribution >= 0.6 is 0 Å². The van der Waals surface area contributed by atoms with Gasteiger partial charge in [0.05, 0.1) is 0 Å². The van der Waals surface area contributed by atoms with Gasteiger partial charge in [-0.1, -0.05) is 37.6 Å². The molecule has 0 aromatic heterocycles. The van der Waals surface area contributed by atoms with Gasteiger partial charge in [0.1, 0.15) is 11.7 Å². The number of benzene rings is 1. The van der Waals surface area contributed by atoms with Crippen LogP contribution in [0.25, 0.3) is 6.08 Å². The van der Waals surface area contributed by atoms with E-state index in [1.165, 1.54) is 6.08 Å². The fourth-order valence-corrected chi connectivity index (χ4v) is 3.74. The summed E-state index contributed by atoms with van der Waals surface area (Å²) in [6.45, 7) is 5.90. The van der Waals surface area contributed by atoms with E-state index in [0.29, 0.717) is 25.7 Å². The number of carbonyl (C=O) groups excluding carboxylic acids is 2. The van der Waals surface area contributed by atoms with Gasteiger partial charge in [-0.05, 0) is 75.5 Å². The van der Waals surface area contributed by atoms with Crippen LogP contribution in [0.1, 0.15) is 82.8 Å². The highest BCUT2D eigenvalue weighted by atomic mass is 19.4. The van der Waals surface area contributed by atoms with Gasteiger partial charge < -0.3 is 9.47 Å². The van der Waals surface area contributed by atoms with Crippen molar-refractivity contribution in [1.82, 2.24) is 0 Å². The van der Waals surface area contributed by atoms with Crippen LogP contribution in [0.4, 0.5) is 13.2 Å². The Labute approximate surface area is 181 Å². The van der Waals surface area contributed by atoms with E-state index >= 15 is 0 Å². The van der Waals surface area contributed by atoms with Crippen LogP contribution in [-0.2, 0) is 19.1 Å². The number of halogens is 3. The summed E-state index contributed by atoms with van der Waals surface area (Å²) in [5.41, 5.74) is 1.45. The monoisotopic (exact) mass is 440 g/mol. The fourth-order valence-electron chi connectivity index (χ4n) is 3.74. The SMILES string of the molecule is CCCCC(C)(C)OC(=O)/C=C/c1ccc(C2CCC(OC(=O)C(F)(F)F)CC2)cc1. The Bertz CT molecular complexity index is 758. The van der Waals surface area contributed by atoms with Crippen molar-refractivity contribution in [2.75, 3.05) is 0 Å². The maximum Gasteiger partial charge on any atom is 0.490 e. The maximum absolute atomic E-state index is 12.3. The molecule has 0 amide bonds. The third-order valence-corrected chi connectivity index (χ3v) is 5.51. The van der Waals surface area contributed by atoms with Crippen LogP contribution in [-0.4, -0.2) is 29.8 Å². The minimum atomic E-state index is -4.95. The molecule has 0 unspecified atom stereocenters. The molecule has 0 heterocycles. The zero-order valence-corrected chi connectivity index (χ0v) is 18.3. The molecule has 0 atom stereocenters. The number of hydrogen-bond acceptors (Lipinski definition) is 4. The summed E-state index contributed by atoms with van der Waals surface area (Å²) >= 11 is 0. The van der Waals surface area contributed by atoms with E-state index in [4.69, 9.17) is 4.74 Å². The molecule has 1 aliphatic carbocycles. The summed E-state index contributed by atoms with van der Waals surface area (Å²) in [5, 5.41) is 0. The molecule has 0 radical (unpaired) electrons. The lowest BCUT2D eigenvalue weighted by molar-refractivity contribution is -0.206. The van der Waals surface area contributed by atoms with Crippen LogP contribution < -0.4 is 0 Å². The molecule has 0 spiro atoms. The lowest BCUT2D eigenvalue weighted by Crippen LogP contribution is -2.32. The molecule has 7 heteroatoms. The second kappa shape index (κ2) is 10.8. The van der Waals surface area contributed by atoms with Crippen LogP contribution in [0, 0.1) is 0 Å². The van der Waals surface area contributed by atoms with Crippen molar-refractivity contribution in [3.63, 3.8) is 0 Å². The number of hydrogen-bond donors (Lipinski definition) is 0. The highest BCUT2D eigenvalue weighted by Gasteiger charge is 2.42. The first-order chi connectivity index (χ1) is 14.5. The molecule has 0 saturated heterocycles. The molecule has 4 nitrogen and oxygen atoms in total. The highest BCUT2D eigenvalue weighted by Crippen LogP contribution is 2.35. The number of unbranched alkanes of at least 4 members (excludes halogenated alkanes) is 1. The molecule has 1 saturated carbocycles. The zero-order valence-electron chi connectivity index (χ0n) is 18.3. The summed E-state index contributed by atoms with van der Waals surface area (Å²) in [7, 11) is 0. The van der Waals surface area contributed by atoms with Gasteiger partial charge in [-0.2, -0.15) is 13.2 Å². The van der Waals surface area contributed by atoms with E-state index in [-0.39, 0.29) is 11.9 Å². The number of rotatable bonds is 8. The van der Waals surface area contributed by atoms with Crippen molar-refractivity contribution in [2.24, 2.45) is 0 Å². The average molecular weight is 441 g/mol. The smallest absolute Gasteiger partial charge is 0.457 e. The molecule has 172 valence electrons. The van der Waals surface area contributed by atoms with Gasteiger partial charge in [0.25, 0.3) is 0 Å². The van der Waals surface area contributed by atoms with Gasteiger partial charge in [-0.15, -0.1) is 0 Å². The lowest BCUT2D eigenvalue weighted by Gasteiger charge is -2.28. The summed E-state index contributed by atoms with van der Waals surface area (Å²) in [5.74, 6) is -2.28. The van der Waals surface area contributed by atoms with E-state index in [9.17, 15) is 22.8 Å². The average Bonchev–Trinajstić information content (AvgIpc) is 2.71. The van der Waals surface area contributed by atoms with Gasteiger partial charge in [-0.25, -0.2) is 9.59 Å². The van der Waals surface area contributed by atoms with E-state index in [1.807, 2.05) is 38.1 Å². The molecule has 1 fully saturated rings. The van der Waals surface area contributed by atoms with E-state index in [1.54, 1.807) is 6.08 Å². The predicted molar refractivity (Wildman–Crippen MR) is 112 cm³/mol. The third kappa shape index (κ3) is 8.38. The summed E-state index contributed by atoms with van der Waals surface area (Å²) in [6.07, 6.45) is 2.49. The molecule has 0 N–H and O–H groups in total. The summed E-state index contributed by atoms with van der Waals surface area (Å²) in [6, 6.07) is 7.72. The van der Waals surface area contributed by atoms with Gasteiger partial charge in [-0.3, -0.25) is 0 Å². The van der Waals surface area contributed by atoms with Gasteiger partial charge >= 0.3 is 18.1 Å².